The molecule has 6 nitrogen and oxygen atoms in total. The summed E-state index contributed by atoms with van der Waals surface area (Å²) in [5.74, 6) is -0.889. The van der Waals surface area contributed by atoms with Crippen molar-refractivity contribution in [3.05, 3.63) is 24.3 Å². The van der Waals surface area contributed by atoms with Gasteiger partial charge in [0.15, 0.2) is 0 Å². The number of likely N-dealkylation sites (tertiary alicyclic amines) is 1. The van der Waals surface area contributed by atoms with Crippen LogP contribution in [0.4, 0.5) is 11.4 Å². The molecule has 24 heavy (non-hydrogen) atoms. The molecule has 2 fully saturated rings. The van der Waals surface area contributed by atoms with Crippen LogP contribution in [0, 0.1) is 0 Å². The molecular formula is C18H23N3O3. The maximum Gasteiger partial charge on any atom is 0.244 e. The van der Waals surface area contributed by atoms with E-state index in [-0.39, 0.29) is 37.1 Å². The summed E-state index contributed by atoms with van der Waals surface area (Å²) < 4.78 is 0. The van der Waals surface area contributed by atoms with Crippen LogP contribution in [-0.4, -0.2) is 42.3 Å². The van der Waals surface area contributed by atoms with Crippen LogP contribution in [0.1, 0.15) is 38.5 Å². The second-order valence-electron chi connectivity index (χ2n) is 6.37. The van der Waals surface area contributed by atoms with Crippen molar-refractivity contribution >= 4 is 29.1 Å². The molecule has 2 aliphatic rings. The lowest BCUT2D eigenvalue weighted by molar-refractivity contribution is -0.141. The minimum Gasteiger partial charge on any atom is -0.372 e. The largest absolute Gasteiger partial charge is 0.372 e. The first-order valence-corrected chi connectivity index (χ1v) is 8.61. The number of carbonyl (C=O) groups is 3. The maximum atomic E-state index is 12.0. The Hall–Kier alpha value is -2.37. The van der Waals surface area contributed by atoms with Gasteiger partial charge >= 0.3 is 0 Å². The molecule has 1 N–H and O–H groups in total. The summed E-state index contributed by atoms with van der Waals surface area (Å²) in [6.45, 7) is 1.95. The molecule has 0 saturated carbocycles. The molecule has 0 bridgehead atoms. The van der Waals surface area contributed by atoms with Crippen molar-refractivity contribution in [2.75, 3.05) is 29.9 Å². The van der Waals surface area contributed by atoms with Crippen molar-refractivity contribution < 1.29 is 14.4 Å². The van der Waals surface area contributed by atoms with Gasteiger partial charge in [-0.3, -0.25) is 19.3 Å². The topological polar surface area (TPSA) is 69.7 Å². The number of imide groups is 1. The minimum atomic E-state index is -0.346. The monoisotopic (exact) mass is 329 g/mol. The molecule has 6 heteroatoms. The second-order valence-corrected chi connectivity index (χ2v) is 6.37. The van der Waals surface area contributed by atoms with Crippen molar-refractivity contribution in [1.29, 1.82) is 0 Å². The molecule has 3 rings (SSSR count). The van der Waals surface area contributed by atoms with Gasteiger partial charge in [0.2, 0.25) is 17.7 Å². The standard InChI is InChI=1S/C18H23N3O3/c22-16(13-21-17(23)9-10-18(21)24)19-14-5-7-15(8-6-14)20-11-3-1-2-4-12-20/h5-8H,1-4,9-13H2,(H,19,22). The summed E-state index contributed by atoms with van der Waals surface area (Å²) in [4.78, 5) is 38.5. The zero-order chi connectivity index (χ0) is 16.9. The SMILES string of the molecule is O=C(CN1C(=O)CCC1=O)Nc1ccc(N2CCCCCC2)cc1. The fraction of sp³-hybridized carbons (Fsp3) is 0.500. The van der Waals surface area contributed by atoms with Gasteiger partial charge in [-0.25, -0.2) is 0 Å². The molecule has 1 aromatic carbocycles. The summed E-state index contributed by atoms with van der Waals surface area (Å²) >= 11 is 0. The third kappa shape index (κ3) is 3.93. The van der Waals surface area contributed by atoms with Crippen LogP contribution in [0.25, 0.3) is 0 Å². The summed E-state index contributed by atoms with van der Waals surface area (Å²) in [5, 5.41) is 2.75. The highest BCUT2D eigenvalue weighted by Gasteiger charge is 2.30. The molecule has 0 spiro atoms. The van der Waals surface area contributed by atoms with E-state index in [1.807, 2.05) is 24.3 Å². The lowest BCUT2D eigenvalue weighted by atomic mass is 10.2. The van der Waals surface area contributed by atoms with Crippen molar-refractivity contribution in [3.8, 4) is 0 Å². The predicted octanol–water partition coefficient (Wildman–Crippen LogP) is 2.15. The number of carbonyl (C=O) groups excluding carboxylic acids is 3. The molecule has 0 radical (unpaired) electrons. The molecule has 1 aromatic rings. The number of amides is 3. The Morgan fingerprint density at radius 1 is 0.917 bits per heavy atom. The van der Waals surface area contributed by atoms with Gasteiger partial charge in [-0.2, -0.15) is 0 Å². The normalized spacial score (nSPS) is 18.7. The van der Waals surface area contributed by atoms with E-state index in [0.29, 0.717) is 5.69 Å². The van der Waals surface area contributed by atoms with Gasteiger partial charge in [0.1, 0.15) is 6.54 Å². The van der Waals surface area contributed by atoms with Gasteiger partial charge in [-0.05, 0) is 37.1 Å². The van der Waals surface area contributed by atoms with E-state index in [1.54, 1.807) is 0 Å². The van der Waals surface area contributed by atoms with Crippen molar-refractivity contribution in [2.24, 2.45) is 0 Å². The maximum absolute atomic E-state index is 12.0. The summed E-state index contributed by atoms with van der Waals surface area (Å²) in [5.41, 5.74) is 1.84. The fourth-order valence-corrected chi connectivity index (χ4v) is 3.23. The van der Waals surface area contributed by atoms with Gasteiger partial charge in [-0.15, -0.1) is 0 Å². The Morgan fingerprint density at radius 2 is 1.50 bits per heavy atom. The highest BCUT2D eigenvalue weighted by molar-refractivity contribution is 6.06. The first-order chi connectivity index (χ1) is 11.6. The molecular weight excluding hydrogens is 306 g/mol. The Bertz CT molecular complexity index is 603. The Morgan fingerprint density at radius 3 is 2.08 bits per heavy atom. The van der Waals surface area contributed by atoms with Crippen LogP contribution < -0.4 is 10.2 Å². The molecule has 0 aromatic heterocycles. The van der Waals surface area contributed by atoms with E-state index < -0.39 is 0 Å². The fourth-order valence-electron chi connectivity index (χ4n) is 3.23. The van der Waals surface area contributed by atoms with Gasteiger partial charge in [0.25, 0.3) is 0 Å². The van der Waals surface area contributed by atoms with Crippen LogP contribution in [0.3, 0.4) is 0 Å². The van der Waals surface area contributed by atoms with Gasteiger partial charge in [0.05, 0.1) is 0 Å². The van der Waals surface area contributed by atoms with Gasteiger partial charge in [-0.1, -0.05) is 12.8 Å². The van der Waals surface area contributed by atoms with Crippen LogP contribution in [0.5, 0.6) is 0 Å². The summed E-state index contributed by atoms with van der Waals surface area (Å²) in [7, 11) is 0. The molecule has 2 saturated heterocycles. The molecule has 2 aliphatic heterocycles. The van der Waals surface area contributed by atoms with Crippen LogP contribution >= 0.6 is 0 Å². The zero-order valence-electron chi connectivity index (χ0n) is 13.8. The second kappa shape index (κ2) is 7.47. The van der Waals surface area contributed by atoms with E-state index in [4.69, 9.17) is 0 Å². The number of anilines is 2. The highest BCUT2D eigenvalue weighted by Crippen LogP contribution is 2.21. The molecule has 3 amide bonds. The van der Waals surface area contributed by atoms with E-state index in [1.165, 1.54) is 31.4 Å². The van der Waals surface area contributed by atoms with Crippen molar-refractivity contribution in [2.45, 2.75) is 38.5 Å². The smallest absolute Gasteiger partial charge is 0.244 e. The Balaban J connectivity index is 1.56. The van der Waals surface area contributed by atoms with Crippen LogP contribution in [0.2, 0.25) is 0 Å². The third-order valence-corrected chi connectivity index (χ3v) is 4.58. The number of nitrogens with one attached hydrogen (secondary N) is 1. The average Bonchev–Trinajstić information content (AvgIpc) is 2.80. The molecule has 0 unspecified atom stereocenters. The van der Waals surface area contributed by atoms with E-state index in [0.717, 1.165) is 18.0 Å². The Kier molecular flexibility index (Phi) is 5.13. The molecule has 128 valence electrons. The van der Waals surface area contributed by atoms with E-state index in [2.05, 4.69) is 10.2 Å². The first kappa shape index (κ1) is 16.5. The van der Waals surface area contributed by atoms with E-state index in [9.17, 15) is 14.4 Å². The molecule has 0 atom stereocenters. The number of benzene rings is 1. The number of hydrogen-bond donors (Lipinski definition) is 1. The lowest BCUT2D eigenvalue weighted by Crippen LogP contribution is -2.36. The third-order valence-electron chi connectivity index (χ3n) is 4.58. The predicted molar refractivity (Wildman–Crippen MR) is 91.7 cm³/mol. The van der Waals surface area contributed by atoms with Crippen molar-refractivity contribution in [3.63, 3.8) is 0 Å². The summed E-state index contributed by atoms with van der Waals surface area (Å²) in [6.07, 6.45) is 5.43. The minimum absolute atomic E-state index is 0.203. The Labute approximate surface area is 141 Å². The van der Waals surface area contributed by atoms with Crippen LogP contribution in [-0.2, 0) is 14.4 Å². The number of rotatable bonds is 4. The average molecular weight is 329 g/mol. The molecule has 0 aliphatic carbocycles. The lowest BCUT2D eigenvalue weighted by Gasteiger charge is -2.23. The summed E-state index contributed by atoms with van der Waals surface area (Å²) in [6, 6.07) is 7.75. The number of nitrogens with zero attached hydrogens (tertiary/aromatic N) is 2. The quantitative estimate of drug-likeness (QED) is 0.860. The van der Waals surface area contributed by atoms with Crippen LogP contribution in [0.15, 0.2) is 24.3 Å². The van der Waals surface area contributed by atoms with Gasteiger partial charge < -0.3 is 10.2 Å². The van der Waals surface area contributed by atoms with E-state index >= 15 is 0 Å². The van der Waals surface area contributed by atoms with Gasteiger partial charge in [0, 0.05) is 37.3 Å². The number of hydrogen-bond acceptors (Lipinski definition) is 4. The molecule has 2 heterocycles. The first-order valence-electron chi connectivity index (χ1n) is 8.61. The zero-order valence-corrected chi connectivity index (χ0v) is 13.8. The van der Waals surface area contributed by atoms with Crippen molar-refractivity contribution in [1.82, 2.24) is 4.90 Å². The highest BCUT2D eigenvalue weighted by atomic mass is 16.2.